The highest BCUT2D eigenvalue weighted by Crippen LogP contribution is 2.17. The van der Waals surface area contributed by atoms with Crippen LogP contribution in [0.25, 0.3) is 0 Å². The van der Waals surface area contributed by atoms with Gasteiger partial charge in [0.15, 0.2) is 0 Å². The van der Waals surface area contributed by atoms with Gasteiger partial charge in [-0.25, -0.2) is 0 Å². The molecule has 2 rings (SSSR count). The normalized spacial score (nSPS) is 11.9. The first-order valence-corrected chi connectivity index (χ1v) is 10.9. The number of carbonyl (C=O) groups excluding carboxylic acids is 2. The van der Waals surface area contributed by atoms with Gasteiger partial charge in [-0.05, 0) is 44.0 Å². The topological polar surface area (TPSA) is 49.4 Å². The summed E-state index contributed by atoms with van der Waals surface area (Å²) in [7, 11) is 0. The lowest BCUT2D eigenvalue weighted by Crippen LogP contribution is -2.49. The highest BCUT2D eigenvalue weighted by molar-refractivity contribution is 7.99. The van der Waals surface area contributed by atoms with Gasteiger partial charge in [-0.15, -0.1) is 11.8 Å². The third-order valence-corrected chi connectivity index (χ3v) is 5.44. The Morgan fingerprint density at radius 3 is 2.25 bits per heavy atom. The number of nitrogens with one attached hydrogen (secondary N) is 1. The Hall–Kier alpha value is -1.98. The maximum Gasteiger partial charge on any atom is 0.242 e. The van der Waals surface area contributed by atoms with E-state index in [1.54, 1.807) is 35.7 Å². The Morgan fingerprint density at radius 2 is 1.64 bits per heavy atom. The van der Waals surface area contributed by atoms with Crippen LogP contribution in [-0.4, -0.2) is 34.6 Å². The summed E-state index contributed by atoms with van der Waals surface area (Å²) in [4.78, 5) is 27.1. The third kappa shape index (κ3) is 7.21. The van der Waals surface area contributed by atoms with E-state index < -0.39 is 6.04 Å². The SMILES string of the molecule is CC(C)NC(=O)[C@H](C)N(Cc1ccc(Cl)cc1)C(=O)CSCc1ccccc1. The summed E-state index contributed by atoms with van der Waals surface area (Å²) in [6.07, 6.45) is 0. The van der Waals surface area contributed by atoms with Gasteiger partial charge < -0.3 is 10.2 Å². The average molecular weight is 419 g/mol. The minimum absolute atomic E-state index is 0.0230. The Bertz CT molecular complexity index is 766. The molecule has 0 saturated heterocycles. The zero-order valence-corrected chi connectivity index (χ0v) is 18.1. The van der Waals surface area contributed by atoms with Gasteiger partial charge in [0.2, 0.25) is 11.8 Å². The fourth-order valence-corrected chi connectivity index (χ4v) is 3.68. The summed E-state index contributed by atoms with van der Waals surface area (Å²) < 4.78 is 0. The van der Waals surface area contributed by atoms with Crippen LogP contribution in [0.2, 0.25) is 5.02 Å². The lowest BCUT2D eigenvalue weighted by Gasteiger charge is -2.29. The molecule has 0 aromatic heterocycles. The van der Waals surface area contributed by atoms with Gasteiger partial charge in [-0.2, -0.15) is 0 Å². The summed E-state index contributed by atoms with van der Waals surface area (Å²) in [6.45, 7) is 5.96. The predicted octanol–water partition coefficient (Wildman–Crippen LogP) is 4.52. The molecule has 0 aliphatic rings. The van der Waals surface area contributed by atoms with Crippen LogP contribution in [0.3, 0.4) is 0 Å². The third-order valence-electron chi connectivity index (χ3n) is 4.20. The van der Waals surface area contributed by atoms with Crippen molar-refractivity contribution in [2.24, 2.45) is 0 Å². The van der Waals surface area contributed by atoms with Crippen molar-refractivity contribution in [2.75, 3.05) is 5.75 Å². The quantitative estimate of drug-likeness (QED) is 0.651. The molecule has 0 bridgehead atoms. The molecule has 2 aromatic rings. The van der Waals surface area contributed by atoms with Crippen LogP contribution in [0.1, 0.15) is 31.9 Å². The molecule has 4 nitrogen and oxygen atoms in total. The number of carbonyl (C=O) groups is 2. The Kier molecular flexibility index (Phi) is 8.87. The molecular formula is C22H27ClN2O2S. The zero-order valence-electron chi connectivity index (χ0n) is 16.5. The first-order valence-electron chi connectivity index (χ1n) is 9.32. The standard InChI is InChI=1S/C22H27ClN2O2S/c1-16(2)24-22(27)17(3)25(13-18-9-11-20(23)12-10-18)21(26)15-28-14-19-7-5-4-6-8-19/h4-12,16-17H,13-15H2,1-3H3,(H,24,27)/t17-/m0/s1. The van der Waals surface area contributed by atoms with E-state index in [-0.39, 0.29) is 17.9 Å². The van der Waals surface area contributed by atoms with Gasteiger partial charge in [0.1, 0.15) is 6.04 Å². The summed E-state index contributed by atoms with van der Waals surface area (Å²) in [5, 5.41) is 3.54. The molecule has 150 valence electrons. The number of nitrogens with zero attached hydrogens (tertiary/aromatic N) is 1. The number of thioether (sulfide) groups is 1. The van der Waals surface area contributed by atoms with Crippen molar-refractivity contribution in [2.45, 2.75) is 45.2 Å². The molecule has 28 heavy (non-hydrogen) atoms. The fourth-order valence-electron chi connectivity index (χ4n) is 2.69. The first kappa shape index (κ1) is 22.3. The molecule has 2 amide bonds. The maximum absolute atomic E-state index is 12.9. The molecule has 0 aliphatic carbocycles. The lowest BCUT2D eigenvalue weighted by atomic mass is 10.1. The van der Waals surface area contributed by atoms with Crippen molar-refractivity contribution < 1.29 is 9.59 Å². The van der Waals surface area contributed by atoms with Crippen molar-refractivity contribution in [3.63, 3.8) is 0 Å². The van der Waals surface area contributed by atoms with Gasteiger partial charge in [0, 0.05) is 23.4 Å². The van der Waals surface area contributed by atoms with Crippen LogP contribution in [0.5, 0.6) is 0 Å². The highest BCUT2D eigenvalue weighted by atomic mass is 35.5. The van der Waals surface area contributed by atoms with E-state index in [4.69, 9.17) is 11.6 Å². The summed E-state index contributed by atoms with van der Waals surface area (Å²) in [6, 6.07) is 16.9. The second-order valence-corrected chi connectivity index (χ2v) is 8.39. The van der Waals surface area contributed by atoms with E-state index in [9.17, 15) is 9.59 Å². The first-order chi connectivity index (χ1) is 13.4. The molecule has 6 heteroatoms. The minimum Gasteiger partial charge on any atom is -0.352 e. The summed E-state index contributed by atoms with van der Waals surface area (Å²) >= 11 is 7.51. The molecule has 0 heterocycles. The number of benzene rings is 2. The van der Waals surface area contributed by atoms with Crippen molar-refractivity contribution in [1.29, 1.82) is 0 Å². The van der Waals surface area contributed by atoms with Crippen molar-refractivity contribution in [3.05, 3.63) is 70.7 Å². The number of rotatable bonds is 9. The monoisotopic (exact) mass is 418 g/mol. The molecule has 1 atom stereocenters. The predicted molar refractivity (Wildman–Crippen MR) is 117 cm³/mol. The highest BCUT2D eigenvalue weighted by Gasteiger charge is 2.26. The van der Waals surface area contributed by atoms with E-state index in [1.807, 2.05) is 56.3 Å². The van der Waals surface area contributed by atoms with E-state index in [2.05, 4.69) is 5.32 Å². The number of halogens is 1. The van der Waals surface area contributed by atoms with Crippen LogP contribution >= 0.6 is 23.4 Å². The van der Waals surface area contributed by atoms with Crippen molar-refractivity contribution in [3.8, 4) is 0 Å². The number of hydrogen-bond acceptors (Lipinski definition) is 3. The van der Waals surface area contributed by atoms with Gasteiger partial charge in [-0.1, -0.05) is 54.1 Å². The fraction of sp³-hybridized carbons (Fsp3) is 0.364. The van der Waals surface area contributed by atoms with Gasteiger partial charge in [0.05, 0.1) is 5.75 Å². The maximum atomic E-state index is 12.9. The van der Waals surface area contributed by atoms with E-state index >= 15 is 0 Å². The van der Waals surface area contributed by atoms with Crippen molar-refractivity contribution in [1.82, 2.24) is 10.2 Å². The summed E-state index contributed by atoms with van der Waals surface area (Å²) in [5.74, 6) is 0.878. The molecule has 1 N–H and O–H groups in total. The second-order valence-electron chi connectivity index (χ2n) is 6.97. The minimum atomic E-state index is -0.553. The number of amides is 2. The Labute approximate surface area is 176 Å². The molecule has 0 saturated carbocycles. The van der Waals surface area contributed by atoms with Crippen LogP contribution in [-0.2, 0) is 21.9 Å². The molecule has 2 aromatic carbocycles. The Morgan fingerprint density at radius 1 is 1.00 bits per heavy atom. The molecule has 0 unspecified atom stereocenters. The van der Waals surface area contributed by atoms with Gasteiger partial charge in [-0.3, -0.25) is 9.59 Å². The van der Waals surface area contributed by atoms with E-state index in [0.717, 1.165) is 11.3 Å². The van der Waals surface area contributed by atoms with Crippen LogP contribution < -0.4 is 5.32 Å². The molecule has 0 radical (unpaired) electrons. The molecule has 0 spiro atoms. The van der Waals surface area contributed by atoms with Gasteiger partial charge >= 0.3 is 0 Å². The Balaban J connectivity index is 2.05. The summed E-state index contributed by atoms with van der Waals surface area (Å²) in [5.41, 5.74) is 2.12. The second kappa shape index (κ2) is 11.1. The molecule has 0 fully saturated rings. The van der Waals surface area contributed by atoms with Crippen molar-refractivity contribution >= 4 is 35.2 Å². The largest absolute Gasteiger partial charge is 0.352 e. The molecular weight excluding hydrogens is 392 g/mol. The van der Waals surface area contributed by atoms with Crippen LogP contribution in [0, 0.1) is 0 Å². The van der Waals surface area contributed by atoms with Gasteiger partial charge in [0.25, 0.3) is 0 Å². The zero-order chi connectivity index (χ0) is 20.5. The van der Waals surface area contributed by atoms with E-state index in [0.29, 0.717) is 17.3 Å². The van der Waals surface area contributed by atoms with E-state index in [1.165, 1.54) is 5.56 Å². The molecule has 0 aliphatic heterocycles. The number of hydrogen-bond donors (Lipinski definition) is 1. The average Bonchev–Trinajstić information content (AvgIpc) is 2.67. The smallest absolute Gasteiger partial charge is 0.242 e. The van der Waals surface area contributed by atoms with Crippen LogP contribution in [0.15, 0.2) is 54.6 Å². The lowest BCUT2D eigenvalue weighted by molar-refractivity contribution is -0.138. The van der Waals surface area contributed by atoms with Crippen LogP contribution in [0.4, 0.5) is 0 Å².